The van der Waals surface area contributed by atoms with Crippen LogP contribution in [-0.4, -0.2) is 65.5 Å². The van der Waals surface area contributed by atoms with Gasteiger partial charge in [-0.15, -0.1) is 0 Å². The molecule has 0 aromatic rings. The van der Waals surface area contributed by atoms with E-state index in [1.54, 1.807) is 4.90 Å². The van der Waals surface area contributed by atoms with Crippen LogP contribution in [0.25, 0.3) is 0 Å². The fraction of sp³-hybridized carbons (Fsp3) is 0.786. The van der Waals surface area contributed by atoms with E-state index in [1.807, 2.05) is 13.8 Å². The Morgan fingerprint density at radius 3 is 2.24 bits per heavy atom. The van der Waals surface area contributed by atoms with Crippen LogP contribution in [0.4, 0.5) is 4.79 Å². The van der Waals surface area contributed by atoms with E-state index in [1.165, 1.54) is 4.90 Å². The van der Waals surface area contributed by atoms with Gasteiger partial charge in [0.25, 0.3) is 0 Å². The molecule has 0 aliphatic heterocycles. The van der Waals surface area contributed by atoms with E-state index in [0.717, 1.165) is 12.8 Å². The first-order valence-corrected chi connectivity index (χ1v) is 7.50. The van der Waals surface area contributed by atoms with Crippen LogP contribution in [0.3, 0.4) is 0 Å². The van der Waals surface area contributed by atoms with Gasteiger partial charge < -0.3 is 20.2 Å². The van der Waals surface area contributed by atoms with Crippen molar-refractivity contribution < 1.29 is 19.5 Å². The highest BCUT2D eigenvalue weighted by atomic mass is 16.4. The van der Waals surface area contributed by atoms with Crippen LogP contribution in [-0.2, 0) is 9.59 Å². The fourth-order valence-electron chi connectivity index (χ4n) is 2.12. The van der Waals surface area contributed by atoms with E-state index in [2.05, 4.69) is 5.32 Å². The van der Waals surface area contributed by atoms with Crippen molar-refractivity contribution in [2.75, 3.05) is 32.7 Å². The first-order valence-electron chi connectivity index (χ1n) is 7.50. The number of carbonyl (C=O) groups excluding carboxylic acids is 2. The Labute approximate surface area is 125 Å². The molecular formula is C14H25N3O4. The third-order valence-corrected chi connectivity index (χ3v) is 3.52. The topological polar surface area (TPSA) is 90.0 Å². The van der Waals surface area contributed by atoms with Gasteiger partial charge in [0.15, 0.2) is 0 Å². The van der Waals surface area contributed by atoms with Crippen molar-refractivity contribution >= 4 is 17.9 Å². The summed E-state index contributed by atoms with van der Waals surface area (Å²) in [4.78, 5) is 37.5. The summed E-state index contributed by atoms with van der Waals surface area (Å²) >= 11 is 0. The Hall–Kier alpha value is -1.79. The lowest BCUT2D eigenvalue weighted by Crippen LogP contribution is -2.45. The van der Waals surface area contributed by atoms with Crippen LogP contribution >= 0.6 is 0 Å². The minimum atomic E-state index is -1.02. The molecule has 1 rings (SSSR count). The van der Waals surface area contributed by atoms with Gasteiger partial charge in [-0.05, 0) is 32.6 Å². The molecule has 0 heterocycles. The summed E-state index contributed by atoms with van der Waals surface area (Å²) in [6, 6.07) is -0.406. The first-order chi connectivity index (χ1) is 9.97. The van der Waals surface area contributed by atoms with E-state index in [4.69, 9.17) is 5.11 Å². The Kier molecular flexibility index (Phi) is 6.98. The number of carbonyl (C=O) groups is 3. The molecule has 1 aliphatic carbocycles. The van der Waals surface area contributed by atoms with Crippen molar-refractivity contribution in [3.8, 4) is 0 Å². The molecule has 0 saturated heterocycles. The minimum absolute atomic E-state index is 0.00715. The van der Waals surface area contributed by atoms with E-state index in [-0.39, 0.29) is 25.4 Å². The lowest BCUT2D eigenvalue weighted by atomic mass is 10.3. The van der Waals surface area contributed by atoms with Crippen LogP contribution in [0, 0.1) is 5.92 Å². The Morgan fingerprint density at radius 2 is 1.76 bits per heavy atom. The minimum Gasteiger partial charge on any atom is -0.480 e. The quantitative estimate of drug-likeness (QED) is 0.657. The summed E-state index contributed by atoms with van der Waals surface area (Å²) in [7, 11) is 0. The van der Waals surface area contributed by atoms with Gasteiger partial charge in [0.05, 0.1) is 0 Å². The standard InChI is InChI=1S/C14H25N3O4/c1-3-16(4-2)12(18)7-8-15-14(21)17(10-13(19)20)9-11-5-6-11/h11H,3-10H2,1-2H3,(H,15,21)(H,19,20). The third-order valence-electron chi connectivity index (χ3n) is 3.52. The molecule has 7 nitrogen and oxygen atoms in total. The number of nitrogens with zero attached hydrogens (tertiary/aromatic N) is 2. The summed E-state index contributed by atoms with van der Waals surface area (Å²) in [6.45, 7) is 5.52. The molecule has 1 aliphatic rings. The molecule has 0 unspecified atom stereocenters. The van der Waals surface area contributed by atoms with Crippen LogP contribution in [0.15, 0.2) is 0 Å². The van der Waals surface area contributed by atoms with Gasteiger partial charge >= 0.3 is 12.0 Å². The summed E-state index contributed by atoms with van der Waals surface area (Å²) in [5.41, 5.74) is 0. The fourth-order valence-corrected chi connectivity index (χ4v) is 2.12. The Balaban J connectivity index is 2.35. The molecule has 120 valence electrons. The normalized spacial score (nSPS) is 13.6. The maximum absolute atomic E-state index is 12.0. The predicted octanol–water partition coefficient (Wildman–Crippen LogP) is 0.751. The molecule has 1 fully saturated rings. The highest BCUT2D eigenvalue weighted by Gasteiger charge is 2.27. The molecule has 2 N–H and O–H groups in total. The number of carboxylic acids is 1. The second-order valence-corrected chi connectivity index (χ2v) is 5.27. The number of hydrogen-bond donors (Lipinski definition) is 2. The number of aliphatic carboxylic acids is 1. The van der Waals surface area contributed by atoms with Gasteiger partial charge in [-0.3, -0.25) is 9.59 Å². The average molecular weight is 299 g/mol. The molecule has 3 amide bonds. The zero-order valence-electron chi connectivity index (χ0n) is 12.8. The van der Waals surface area contributed by atoms with Crippen molar-refractivity contribution in [2.24, 2.45) is 5.92 Å². The molecule has 1 saturated carbocycles. The maximum atomic E-state index is 12.0. The summed E-state index contributed by atoms with van der Waals surface area (Å²) in [5, 5.41) is 11.5. The molecular weight excluding hydrogens is 274 g/mol. The van der Waals surface area contributed by atoms with Crippen LogP contribution in [0.2, 0.25) is 0 Å². The van der Waals surface area contributed by atoms with Gasteiger partial charge in [0.2, 0.25) is 5.91 Å². The molecule has 0 bridgehead atoms. The van der Waals surface area contributed by atoms with E-state index in [9.17, 15) is 14.4 Å². The Morgan fingerprint density at radius 1 is 1.14 bits per heavy atom. The van der Waals surface area contributed by atoms with Crippen molar-refractivity contribution in [2.45, 2.75) is 33.1 Å². The number of nitrogens with one attached hydrogen (secondary N) is 1. The smallest absolute Gasteiger partial charge is 0.323 e. The van der Waals surface area contributed by atoms with E-state index >= 15 is 0 Å². The van der Waals surface area contributed by atoms with Gasteiger partial charge in [-0.1, -0.05) is 0 Å². The lowest BCUT2D eigenvalue weighted by molar-refractivity contribution is -0.137. The second-order valence-electron chi connectivity index (χ2n) is 5.27. The number of carboxylic acid groups (broad SMARTS) is 1. The van der Waals surface area contributed by atoms with Gasteiger partial charge in [0, 0.05) is 32.6 Å². The van der Waals surface area contributed by atoms with Crippen molar-refractivity contribution in [1.29, 1.82) is 0 Å². The molecule has 0 spiro atoms. The highest BCUT2D eigenvalue weighted by molar-refractivity contribution is 5.81. The number of urea groups is 1. The first kappa shape index (κ1) is 17.3. The van der Waals surface area contributed by atoms with Crippen molar-refractivity contribution in [3.05, 3.63) is 0 Å². The largest absolute Gasteiger partial charge is 0.480 e. The van der Waals surface area contributed by atoms with E-state index in [0.29, 0.717) is 25.6 Å². The zero-order valence-corrected chi connectivity index (χ0v) is 12.8. The number of amides is 3. The van der Waals surface area contributed by atoms with Gasteiger partial charge in [-0.2, -0.15) is 0 Å². The Bertz CT molecular complexity index is 378. The summed E-state index contributed by atoms with van der Waals surface area (Å²) < 4.78 is 0. The number of hydrogen-bond acceptors (Lipinski definition) is 3. The van der Waals surface area contributed by atoms with Crippen LogP contribution in [0.5, 0.6) is 0 Å². The summed E-state index contributed by atoms with van der Waals surface area (Å²) in [6.07, 6.45) is 2.32. The molecule has 0 aromatic carbocycles. The molecule has 21 heavy (non-hydrogen) atoms. The highest BCUT2D eigenvalue weighted by Crippen LogP contribution is 2.29. The average Bonchev–Trinajstić information content (AvgIpc) is 3.22. The second kappa shape index (κ2) is 8.49. The SMILES string of the molecule is CCN(CC)C(=O)CCNC(=O)N(CC(=O)O)CC1CC1. The van der Waals surface area contributed by atoms with Gasteiger partial charge in [-0.25, -0.2) is 4.79 Å². The van der Waals surface area contributed by atoms with Crippen molar-refractivity contribution in [1.82, 2.24) is 15.1 Å². The third kappa shape index (κ3) is 6.46. The summed E-state index contributed by atoms with van der Waals surface area (Å²) in [5.74, 6) is -0.607. The maximum Gasteiger partial charge on any atom is 0.323 e. The lowest BCUT2D eigenvalue weighted by Gasteiger charge is -2.22. The van der Waals surface area contributed by atoms with Crippen LogP contribution in [0.1, 0.15) is 33.1 Å². The van der Waals surface area contributed by atoms with Gasteiger partial charge in [0.1, 0.15) is 6.54 Å². The predicted molar refractivity (Wildman–Crippen MR) is 77.9 cm³/mol. The van der Waals surface area contributed by atoms with E-state index < -0.39 is 12.0 Å². The zero-order chi connectivity index (χ0) is 15.8. The molecule has 0 atom stereocenters. The molecule has 0 aromatic heterocycles. The monoisotopic (exact) mass is 299 g/mol. The van der Waals surface area contributed by atoms with Crippen LogP contribution < -0.4 is 5.32 Å². The molecule has 7 heteroatoms. The van der Waals surface area contributed by atoms with Crippen molar-refractivity contribution in [3.63, 3.8) is 0 Å². The number of rotatable bonds is 9. The molecule has 0 radical (unpaired) electrons.